The minimum atomic E-state index is -0.725. The number of aromatic amines is 1. The molecule has 3 aromatic rings. The highest BCUT2D eigenvalue weighted by atomic mass is 79.9. The van der Waals surface area contributed by atoms with Crippen LogP contribution in [0, 0.1) is 0 Å². The molecular formula is C12H8BrNO3S. The molecule has 0 saturated carbocycles. The number of thiophene rings is 1. The number of aliphatic hydroxyl groups excluding tert-OH is 1. The van der Waals surface area contributed by atoms with Crippen LogP contribution in [0.25, 0.3) is 11.1 Å². The molecule has 1 unspecified atom stereocenters. The van der Waals surface area contributed by atoms with Crippen LogP contribution in [0.3, 0.4) is 0 Å². The largest absolute Gasteiger partial charge is 0.417 e. The van der Waals surface area contributed by atoms with Crippen LogP contribution in [0.1, 0.15) is 17.2 Å². The lowest BCUT2D eigenvalue weighted by Crippen LogP contribution is -1.97. The number of aliphatic hydroxyl groups is 1. The Bertz CT molecular complexity index is 758. The van der Waals surface area contributed by atoms with Crippen molar-refractivity contribution in [2.24, 2.45) is 0 Å². The molecule has 1 aromatic carbocycles. The Labute approximate surface area is 114 Å². The van der Waals surface area contributed by atoms with Gasteiger partial charge in [-0.3, -0.25) is 4.98 Å². The highest BCUT2D eigenvalue weighted by Crippen LogP contribution is 2.30. The van der Waals surface area contributed by atoms with Crippen LogP contribution in [-0.4, -0.2) is 10.1 Å². The van der Waals surface area contributed by atoms with Crippen LogP contribution in [0.5, 0.6) is 0 Å². The Kier molecular flexibility index (Phi) is 2.85. The van der Waals surface area contributed by atoms with E-state index in [-0.39, 0.29) is 0 Å². The topological polar surface area (TPSA) is 66.2 Å². The van der Waals surface area contributed by atoms with Crippen molar-refractivity contribution in [2.75, 3.05) is 0 Å². The van der Waals surface area contributed by atoms with E-state index < -0.39 is 11.9 Å². The second-order valence-corrected chi connectivity index (χ2v) is 6.15. The third-order valence-electron chi connectivity index (χ3n) is 2.66. The first kappa shape index (κ1) is 11.7. The summed E-state index contributed by atoms with van der Waals surface area (Å²) in [4.78, 5) is 13.6. The maximum absolute atomic E-state index is 11.1. The Morgan fingerprint density at radius 2 is 2.17 bits per heavy atom. The van der Waals surface area contributed by atoms with Crippen molar-refractivity contribution in [1.82, 2.24) is 4.98 Å². The monoisotopic (exact) mass is 325 g/mol. The number of halogens is 1. The number of hydrogen-bond acceptors (Lipinski definition) is 4. The number of H-pyrrole nitrogens is 1. The molecule has 18 heavy (non-hydrogen) atoms. The van der Waals surface area contributed by atoms with Gasteiger partial charge in [-0.1, -0.05) is 6.07 Å². The molecule has 0 bridgehead atoms. The standard InChI is InChI=1S/C12H8BrNO3S/c13-10-4-7(5-18-10)11(15)6-1-2-8-9(3-6)17-12(16)14-8/h1-5,11,15H,(H,14,16). The number of aromatic nitrogens is 1. The summed E-state index contributed by atoms with van der Waals surface area (Å²) in [7, 11) is 0. The smallest absolute Gasteiger partial charge is 0.408 e. The van der Waals surface area contributed by atoms with Gasteiger partial charge in [0.05, 0.1) is 9.30 Å². The van der Waals surface area contributed by atoms with E-state index in [9.17, 15) is 9.90 Å². The fourth-order valence-corrected chi connectivity index (χ4v) is 2.99. The molecule has 0 saturated heterocycles. The first-order valence-electron chi connectivity index (χ1n) is 5.18. The molecule has 1 atom stereocenters. The van der Waals surface area contributed by atoms with E-state index in [1.807, 2.05) is 11.4 Å². The molecule has 2 heterocycles. The highest BCUT2D eigenvalue weighted by molar-refractivity contribution is 9.11. The summed E-state index contributed by atoms with van der Waals surface area (Å²) in [5.74, 6) is -0.491. The third-order valence-corrected chi connectivity index (χ3v) is 4.19. The zero-order chi connectivity index (χ0) is 12.7. The van der Waals surface area contributed by atoms with Crippen LogP contribution in [0.15, 0.2) is 42.6 Å². The molecule has 0 radical (unpaired) electrons. The van der Waals surface area contributed by atoms with Gasteiger partial charge in [0.25, 0.3) is 0 Å². The lowest BCUT2D eigenvalue weighted by molar-refractivity contribution is 0.221. The Morgan fingerprint density at radius 1 is 1.33 bits per heavy atom. The molecule has 2 aromatic heterocycles. The summed E-state index contributed by atoms with van der Waals surface area (Å²) in [6.07, 6.45) is -0.725. The van der Waals surface area contributed by atoms with Gasteiger partial charge in [-0.25, -0.2) is 4.79 Å². The number of benzene rings is 1. The summed E-state index contributed by atoms with van der Waals surface area (Å²) in [6.45, 7) is 0. The SMILES string of the molecule is O=c1[nH]c2ccc(C(O)c3csc(Br)c3)cc2o1. The molecular weight excluding hydrogens is 318 g/mol. The fourth-order valence-electron chi connectivity index (χ4n) is 1.79. The molecule has 0 fully saturated rings. The normalized spacial score (nSPS) is 13.0. The van der Waals surface area contributed by atoms with E-state index in [1.54, 1.807) is 18.2 Å². The maximum Gasteiger partial charge on any atom is 0.417 e. The van der Waals surface area contributed by atoms with E-state index >= 15 is 0 Å². The van der Waals surface area contributed by atoms with Crippen LogP contribution < -0.4 is 5.76 Å². The maximum atomic E-state index is 11.1. The number of nitrogens with one attached hydrogen (secondary N) is 1. The van der Waals surface area contributed by atoms with Gasteiger partial charge in [0, 0.05) is 0 Å². The van der Waals surface area contributed by atoms with Crippen LogP contribution in [0.4, 0.5) is 0 Å². The van der Waals surface area contributed by atoms with Gasteiger partial charge in [-0.15, -0.1) is 11.3 Å². The van der Waals surface area contributed by atoms with Crippen molar-refractivity contribution in [2.45, 2.75) is 6.10 Å². The van der Waals surface area contributed by atoms with Gasteiger partial charge >= 0.3 is 5.76 Å². The molecule has 0 amide bonds. The molecule has 0 aliphatic carbocycles. The highest BCUT2D eigenvalue weighted by Gasteiger charge is 2.13. The van der Waals surface area contributed by atoms with Crippen molar-refractivity contribution in [3.05, 3.63) is 55.1 Å². The van der Waals surface area contributed by atoms with Gasteiger partial charge in [0.2, 0.25) is 0 Å². The molecule has 92 valence electrons. The predicted molar refractivity (Wildman–Crippen MR) is 72.9 cm³/mol. The lowest BCUT2D eigenvalue weighted by atomic mass is 10.0. The van der Waals surface area contributed by atoms with Gasteiger partial charge in [-0.05, 0) is 50.6 Å². The summed E-state index contributed by atoms with van der Waals surface area (Å²) >= 11 is 4.87. The summed E-state index contributed by atoms with van der Waals surface area (Å²) in [6, 6.07) is 7.03. The first-order valence-corrected chi connectivity index (χ1v) is 6.85. The third kappa shape index (κ3) is 2.03. The van der Waals surface area contributed by atoms with Crippen molar-refractivity contribution in [1.29, 1.82) is 0 Å². The first-order chi connectivity index (χ1) is 8.63. The quantitative estimate of drug-likeness (QED) is 0.761. The minimum Gasteiger partial charge on any atom is -0.408 e. The van der Waals surface area contributed by atoms with E-state index in [2.05, 4.69) is 20.9 Å². The number of hydrogen-bond donors (Lipinski definition) is 2. The molecule has 4 nitrogen and oxygen atoms in total. The van der Waals surface area contributed by atoms with Crippen molar-refractivity contribution < 1.29 is 9.52 Å². The van der Waals surface area contributed by atoms with Crippen molar-refractivity contribution in [3.8, 4) is 0 Å². The average Bonchev–Trinajstić information content (AvgIpc) is 2.92. The number of fused-ring (bicyclic) bond motifs is 1. The van der Waals surface area contributed by atoms with E-state index in [0.717, 1.165) is 9.35 Å². The molecule has 0 aliphatic heterocycles. The predicted octanol–water partition coefficient (Wildman–Crippen LogP) is 3.03. The second-order valence-electron chi connectivity index (χ2n) is 3.86. The van der Waals surface area contributed by atoms with E-state index in [4.69, 9.17) is 4.42 Å². The van der Waals surface area contributed by atoms with Crippen molar-refractivity contribution >= 4 is 38.4 Å². The zero-order valence-corrected chi connectivity index (χ0v) is 11.4. The molecule has 0 spiro atoms. The fraction of sp³-hybridized carbons (Fsp3) is 0.0833. The summed E-state index contributed by atoms with van der Waals surface area (Å²) in [5, 5.41) is 12.1. The molecule has 2 N–H and O–H groups in total. The number of rotatable bonds is 2. The zero-order valence-electron chi connectivity index (χ0n) is 9.01. The molecule has 6 heteroatoms. The minimum absolute atomic E-state index is 0.450. The summed E-state index contributed by atoms with van der Waals surface area (Å²) < 4.78 is 5.93. The average molecular weight is 326 g/mol. The van der Waals surface area contributed by atoms with Gasteiger partial charge in [0.15, 0.2) is 5.58 Å². The molecule has 0 aliphatic rings. The van der Waals surface area contributed by atoms with Gasteiger partial charge in [0.1, 0.15) is 6.10 Å². The Morgan fingerprint density at radius 3 is 2.89 bits per heavy atom. The second kappa shape index (κ2) is 4.38. The van der Waals surface area contributed by atoms with Crippen LogP contribution in [0.2, 0.25) is 0 Å². The van der Waals surface area contributed by atoms with E-state index in [1.165, 1.54) is 11.3 Å². The summed E-state index contributed by atoms with van der Waals surface area (Å²) in [5.41, 5.74) is 2.58. The van der Waals surface area contributed by atoms with Gasteiger partial charge in [-0.2, -0.15) is 0 Å². The van der Waals surface area contributed by atoms with Crippen LogP contribution in [-0.2, 0) is 0 Å². The Hall–Kier alpha value is -1.37. The van der Waals surface area contributed by atoms with E-state index in [0.29, 0.717) is 16.7 Å². The van der Waals surface area contributed by atoms with Crippen LogP contribution >= 0.6 is 27.3 Å². The lowest BCUT2D eigenvalue weighted by Gasteiger charge is -2.08. The molecule has 3 rings (SSSR count). The van der Waals surface area contributed by atoms with Gasteiger partial charge < -0.3 is 9.52 Å². The number of oxazole rings is 1. The Balaban J connectivity index is 2.05. The van der Waals surface area contributed by atoms with Crippen molar-refractivity contribution in [3.63, 3.8) is 0 Å².